The summed E-state index contributed by atoms with van der Waals surface area (Å²) in [5, 5.41) is 3.31. The van der Waals surface area contributed by atoms with Gasteiger partial charge in [-0.1, -0.05) is 37.1 Å². The van der Waals surface area contributed by atoms with E-state index in [0.717, 1.165) is 25.8 Å². The Hall–Kier alpha value is -1.35. The molecular weight excluding hydrogens is 250 g/mol. The van der Waals surface area contributed by atoms with Gasteiger partial charge in [-0.3, -0.25) is 4.79 Å². The number of carbonyl (C=O) groups excluding carboxylic acids is 1. The first-order chi connectivity index (χ1) is 9.83. The van der Waals surface area contributed by atoms with Crippen molar-refractivity contribution in [3.05, 3.63) is 35.4 Å². The molecule has 1 atom stereocenters. The molecule has 3 rings (SSSR count). The number of hydrogen-bond donors (Lipinski definition) is 1. The summed E-state index contributed by atoms with van der Waals surface area (Å²) in [6.45, 7) is 0.764. The van der Waals surface area contributed by atoms with Crippen LogP contribution in [0.2, 0.25) is 0 Å². The minimum Gasteiger partial charge on any atom is -0.461 e. The lowest BCUT2D eigenvalue weighted by atomic mass is 9.96. The quantitative estimate of drug-likeness (QED) is 0.665. The molecule has 0 aromatic heterocycles. The molecule has 0 bridgehead atoms. The second-order valence-corrected chi connectivity index (χ2v) is 5.96. The van der Waals surface area contributed by atoms with Crippen LogP contribution >= 0.6 is 0 Å². The van der Waals surface area contributed by atoms with Gasteiger partial charge in [-0.25, -0.2) is 0 Å². The Labute approximate surface area is 120 Å². The number of benzene rings is 1. The molecule has 0 radical (unpaired) electrons. The summed E-state index contributed by atoms with van der Waals surface area (Å²) in [5.41, 5.74) is 2.57. The van der Waals surface area contributed by atoms with Crippen molar-refractivity contribution in [3.63, 3.8) is 0 Å². The maximum atomic E-state index is 12.3. The van der Waals surface area contributed by atoms with E-state index in [1.54, 1.807) is 0 Å². The SMILES string of the molecule is O=C(OC1CCCCCC1)[C@H]1Cc2ccccc2CN1. The first kappa shape index (κ1) is 13.6. The smallest absolute Gasteiger partial charge is 0.323 e. The zero-order chi connectivity index (χ0) is 13.8. The number of carbonyl (C=O) groups is 1. The van der Waals surface area contributed by atoms with Crippen LogP contribution in [0.15, 0.2) is 24.3 Å². The normalized spacial score (nSPS) is 23.7. The second-order valence-electron chi connectivity index (χ2n) is 5.96. The van der Waals surface area contributed by atoms with Crippen LogP contribution in [0.1, 0.15) is 49.7 Å². The Balaban J connectivity index is 1.58. The van der Waals surface area contributed by atoms with Crippen LogP contribution in [0.25, 0.3) is 0 Å². The lowest BCUT2D eigenvalue weighted by Gasteiger charge is -2.26. The molecule has 1 fully saturated rings. The van der Waals surface area contributed by atoms with Crippen LogP contribution in [0.3, 0.4) is 0 Å². The molecule has 1 N–H and O–H groups in total. The average molecular weight is 273 g/mol. The number of esters is 1. The van der Waals surface area contributed by atoms with Gasteiger partial charge in [0.1, 0.15) is 12.1 Å². The predicted molar refractivity (Wildman–Crippen MR) is 78.4 cm³/mol. The summed E-state index contributed by atoms with van der Waals surface area (Å²) in [5.74, 6) is -0.0635. The van der Waals surface area contributed by atoms with E-state index in [2.05, 4.69) is 17.4 Å². The van der Waals surface area contributed by atoms with Gasteiger partial charge in [0, 0.05) is 6.54 Å². The van der Waals surface area contributed by atoms with E-state index in [1.807, 2.05) is 12.1 Å². The molecule has 0 spiro atoms. The monoisotopic (exact) mass is 273 g/mol. The Morgan fingerprint density at radius 3 is 2.50 bits per heavy atom. The molecule has 20 heavy (non-hydrogen) atoms. The highest BCUT2D eigenvalue weighted by atomic mass is 16.5. The first-order valence-corrected chi connectivity index (χ1v) is 7.83. The van der Waals surface area contributed by atoms with Crippen molar-refractivity contribution in [2.45, 2.75) is 63.6 Å². The number of hydrogen-bond acceptors (Lipinski definition) is 3. The molecule has 1 heterocycles. The van der Waals surface area contributed by atoms with Crippen LogP contribution < -0.4 is 5.32 Å². The van der Waals surface area contributed by atoms with Crippen molar-refractivity contribution in [3.8, 4) is 0 Å². The van der Waals surface area contributed by atoms with E-state index < -0.39 is 0 Å². The Morgan fingerprint density at radius 2 is 1.75 bits per heavy atom. The summed E-state index contributed by atoms with van der Waals surface area (Å²) in [6.07, 6.45) is 7.92. The Morgan fingerprint density at radius 1 is 1.05 bits per heavy atom. The molecule has 1 aromatic rings. The van der Waals surface area contributed by atoms with Gasteiger partial charge in [-0.05, 0) is 43.2 Å². The van der Waals surface area contributed by atoms with Crippen molar-refractivity contribution < 1.29 is 9.53 Å². The predicted octanol–water partition coefficient (Wildman–Crippen LogP) is 2.97. The molecule has 0 amide bonds. The van der Waals surface area contributed by atoms with Gasteiger partial charge in [0.05, 0.1) is 0 Å². The molecule has 1 aliphatic carbocycles. The maximum absolute atomic E-state index is 12.3. The van der Waals surface area contributed by atoms with Gasteiger partial charge in [0.25, 0.3) is 0 Å². The van der Waals surface area contributed by atoms with Crippen molar-refractivity contribution >= 4 is 5.97 Å². The van der Waals surface area contributed by atoms with E-state index in [-0.39, 0.29) is 18.1 Å². The summed E-state index contributed by atoms with van der Waals surface area (Å²) >= 11 is 0. The number of fused-ring (bicyclic) bond motifs is 1. The molecular formula is C17H23NO2. The highest BCUT2D eigenvalue weighted by Crippen LogP contribution is 2.22. The Bertz CT molecular complexity index is 464. The molecule has 0 saturated heterocycles. The second kappa shape index (κ2) is 6.40. The van der Waals surface area contributed by atoms with Crippen LogP contribution in [0.4, 0.5) is 0 Å². The molecule has 108 valence electrons. The third kappa shape index (κ3) is 3.21. The number of nitrogens with one attached hydrogen (secondary N) is 1. The van der Waals surface area contributed by atoms with E-state index in [1.165, 1.54) is 36.8 Å². The number of ether oxygens (including phenoxy) is 1. The van der Waals surface area contributed by atoms with E-state index in [4.69, 9.17) is 4.74 Å². The molecule has 1 aliphatic heterocycles. The molecule has 3 heteroatoms. The van der Waals surface area contributed by atoms with Crippen LogP contribution in [-0.2, 0) is 22.5 Å². The fourth-order valence-corrected chi connectivity index (χ4v) is 3.23. The third-order valence-electron chi connectivity index (χ3n) is 4.45. The molecule has 3 nitrogen and oxygen atoms in total. The zero-order valence-electron chi connectivity index (χ0n) is 11.9. The highest BCUT2D eigenvalue weighted by molar-refractivity contribution is 5.76. The van der Waals surface area contributed by atoms with Crippen molar-refractivity contribution in [1.29, 1.82) is 0 Å². The molecule has 1 aromatic carbocycles. The summed E-state index contributed by atoms with van der Waals surface area (Å²) < 4.78 is 5.72. The minimum absolute atomic E-state index is 0.0635. The van der Waals surface area contributed by atoms with E-state index in [0.29, 0.717) is 0 Å². The van der Waals surface area contributed by atoms with Gasteiger partial charge in [0.15, 0.2) is 0 Å². The lowest BCUT2D eigenvalue weighted by Crippen LogP contribution is -2.43. The average Bonchev–Trinajstić information content (AvgIpc) is 2.75. The standard InChI is InChI=1S/C17H23NO2/c19-17(20-15-9-3-1-2-4-10-15)16-11-13-7-5-6-8-14(13)12-18-16/h5-8,15-16,18H,1-4,9-12H2/t16-/m1/s1. The maximum Gasteiger partial charge on any atom is 0.323 e. The van der Waals surface area contributed by atoms with Crippen molar-refractivity contribution in [1.82, 2.24) is 5.32 Å². The van der Waals surface area contributed by atoms with Crippen LogP contribution in [0.5, 0.6) is 0 Å². The molecule has 1 saturated carbocycles. The topological polar surface area (TPSA) is 38.3 Å². The van der Waals surface area contributed by atoms with E-state index in [9.17, 15) is 4.79 Å². The zero-order valence-corrected chi connectivity index (χ0v) is 11.9. The highest BCUT2D eigenvalue weighted by Gasteiger charge is 2.27. The van der Waals surface area contributed by atoms with Gasteiger partial charge in [-0.15, -0.1) is 0 Å². The van der Waals surface area contributed by atoms with Gasteiger partial charge >= 0.3 is 5.97 Å². The minimum atomic E-state index is -0.173. The lowest BCUT2D eigenvalue weighted by molar-refractivity contribution is -0.152. The largest absolute Gasteiger partial charge is 0.461 e. The van der Waals surface area contributed by atoms with Crippen molar-refractivity contribution in [2.24, 2.45) is 0 Å². The van der Waals surface area contributed by atoms with Gasteiger partial charge in [-0.2, -0.15) is 0 Å². The van der Waals surface area contributed by atoms with Crippen molar-refractivity contribution in [2.75, 3.05) is 0 Å². The molecule has 0 unspecified atom stereocenters. The molecule has 2 aliphatic rings. The Kier molecular flexibility index (Phi) is 4.36. The fourth-order valence-electron chi connectivity index (χ4n) is 3.23. The summed E-state index contributed by atoms with van der Waals surface area (Å²) in [4.78, 5) is 12.3. The third-order valence-corrected chi connectivity index (χ3v) is 4.45. The summed E-state index contributed by atoms with van der Waals surface area (Å²) in [7, 11) is 0. The van der Waals surface area contributed by atoms with Gasteiger partial charge in [0.2, 0.25) is 0 Å². The van der Waals surface area contributed by atoms with E-state index >= 15 is 0 Å². The summed E-state index contributed by atoms with van der Waals surface area (Å²) in [6, 6.07) is 8.15. The number of rotatable bonds is 2. The van der Waals surface area contributed by atoms with Crippen LogP contribution in [-0.4, -0.2) is 18.1 Å². The first-order valence-electron chi connectivity index (χ1n) is 7.83. The fraction of sp³-hybridized carbons (Fsp3) is 0.588. The van der Waals surface area contributed by atoms with Gasteiger partial charge < -0.3 is 10.1 Å². The van der Waals surface area contributed by atoms with Crippen LogP contribution in [0, 0.1) is 0 Å².